The second-order valence-corrected chi connectivity index (χ2v) is 5.59. The van der Waals surface area contributed by atoms with Crippen LogP contribution >= 0.6 is 0 Å². The van der Waals surface area contributed by atoms with Gasteiger partial charge in [-0.25, -0.2) is 8.78 Å². The van der Waals surface area contributed by atoms with Crippen LogP contribution in [0.4, 0.5) is 8.78 Å². The molecular weight excluding hydrogens is 256 g/mol. The molecule has 2 nitrogen and oxygen atoms in total. The normalized spacial score (nSPS) is 14.4. The Morgan fingerprint density at radius 1 is 1.33 bits per heavy atom. The molecule has 1 N–H and O–H groups in total. The van der Waals surface area contributed by atoms with Crippen molar-refractivity contribution in [2.24, 2.45) is 0 Å². The zero-order valence-electron chi connectivity index (χ0n) is 10.7. The van der Waals surface area contributed by atoms with E-state index in [1.54, 1.807) is 0 Å². The zero-order valence-corrected chi connectivity index (χ0v) is 11.5. The lowest BCUT2D eigenvalue weighted by atomic mass is 10.2. The summed E-state index contributed by atoms with van der Waals surface area (Å²) in [6.45, 7) is 4.81. The smallest absolute Gasteiger partial charge is 0.142 e. The quantitative estimate of drug-likeness (QED) is 0.829. The van der Waals surface area contributed by atoms with Crippen molar-refractivity contribution in [2.75, 3.05) is 12.3 Å². The van der Waals surface area contributed by atoms with Crippen molar-refractivity contribution in [1.29, 1.82) is 0 Å². The minimum atomic E-state index is -1.44. The number of nitrogens with one attached hydrogen (secondary N) is 1. The van der Waals surface area contributed by atoms with Crippen molar-refractivity contribution in [3.8, 4) is 0 Å². The van der Waals surface area contributed by atoms with E-state index in [9.17, 15) is 13.0 Å². The fourth-order valence-electron chi connectivity index (χ4n) is 1.81. The van der Waals surface area contributed by atoms with Crippen molar-refractivity contribution in [2.45, 2.75) is 37.6 Å². The van der Waals surface area contributed by atoms with Gasteiger partial charge in [0.15, 0.2) is 0 Å². The molecule has 0 amide bonds. The Kier molecular flexibility index (Phi) is 6.43. The van der Waals surface area contributed by atoms with Gasteiger partial charge < -0.3 is 5.32 Å². The minimum Gasteiger partial charge on any atom is -0.313 e. The summed E-state index contributed by atoms with van der Waals surface area (Å²) in [7, 11) is -1.44. The lowest BCUT2D eigenvalue weighted by Gasteiger charge is -2.16. The summed E-state index contributed by atoms with van der Waals surface area (Å²) in [6.07, 6.45) is 1.86. The fraction of sp³-hybridized carbons (Fsp3) is 0.538. The number of benzene rings is 1. The fourth-order valence-corrected chi connectivity index (χ4v) is 3.14. The summed E-state index contributed by atoms with van der Waals surface area (Å²) in [5.74, 6) is -1.03. The molecule has 0 spiro atoms. The SMILES string of the molecule is CCCC(CS(=O)c1ccc(F)cc1F)NCC. The third-order valence-electron chi connectivity index (χ3n) is 2.62. The highest BCUT2D eigenvalue weighted by atomic mass is 32.2. The Morgan fingerprint density at radius 2 is 2.06 bits per heavy atom. The van der Waals surface area contributed by atoms with E-state index in [0.717, 1.165) is 31.5 Å². The van der Waals surface area contributed by atoms with Crippen LogP contribution in [-0.4, -0.2) is 22.5 Å². The van der Waals surface area contributed by atoms with Crippen LogP contribution in [0.25, 0.3) is 0 Å². The van der Waals surface area contributed by atoms with E-state index in [2.05, 4.69) is 5.32 Å². The van der Waals surface area contributed by atoms with E-state index in [4.69, 9.17) is 0 Å². The molecule has 0 aliphatic rings. The van der Waals surface area contributed by atoms with Gasteiger partial charge in [0.05, 0.1) is 15.7 Å². The summed E-state index contributed by atoms with van der Waals surface area (Å²) >= 11 is 0. The molecule has 0 heterocycles. The van der Waals surface area contributed by atoms with Crippen molar-refractivity contribution < 1.29 is 13.0 Å². The van der Waals surface area contributed by atoms with Crippen LogP contribution in [0.15, 0.2) is 23.1 Å². The number of rotatable bonds is 7. The van der Waals surface area contributed by atoms with Gasteiger partial charge in [-0.3, -0.25) is 4.21 Å². The zero-order chi connectivity index (χ0) is 13.5. The Morgan fingerprint density at radius 3 is 2.61 bits per heavy atom. The lowest BCUT2D eigenvalue weighted by molar-refractivity contribution is 0.523. The number of halogens is 2. The van der Waals surface area contributed by atoms with Gasteiger partial charge in [-0.15, -0.1) is 0 Å². The standard InChI is InChI=1S/C13H19F2NOS/c1-3-5-11(16-4-2)9-18(17)13-7-6-10(14)8-12(13)15/h6-8,11,16H,3-5,9H2,1-2H3. The van der Waals surface area contributed by atoms with E-state index in [1.165, 1.54) is 6.07 Å². The molecule has 0 bridgehead atoms. The first-order valence-electron chi connectivity index (χ1n) is 6.15. The lowest BCUT2D eigenvalue weighted by Crippen LogP contribution is -2.33. The van der Waals surface area contributed by atoms with Crippen LogP contribution < -0.4 is 5.32 Å². The molecule has 1 rings (SSSR count). The third kappa shape index (κ3) is 4.46. The maximum atomic E-state index is 13.5. The largest absolute Gasteiger partial charge is 0.313 e. The average molecular weight is 275 g/mol. The van der Waals surface area contributed by atoms with Gasteiger partial charge in [0.25, 0.3) is 0 Å². The van der Waals surface area contributed by atoms with E-state index in [-0.39, 0.29) is 10.9 Å². The molecule has 0 aliphatic carbocycles. The molecule has 0 saturated carbocycles. The topological polar surface area (TPSA) is 29.1 Å². The third-order valence-corrected chi connectivity index (χ3v) is 4.15. The molecule has 5 heteroatoms. The van der Waals surface area contributed by atoms with Gasteiger partial charge in [0, 0.05) is 17.9 Å². The highest BCUT2D eigenvalue weighted by molar-refractivity contribution is 7.85. The average Bonchev–Trinajstić information content (AvgIpc) is 2.29. The van der Waals surface area contributed by atoms with Crippen LogP contribution in [-0.2, 0) is 10.8 Å². The van der Waals surface area contributed by atoms with Crippen LogP contribution in [0.2, 0.25) is 0 Å². The van der Waals surface area contributed by atoms with Crippen LogP contribution in [0.3, 0.4) is 0 Å². The molecule has 2 unspecified atom stereocenters. The molecular formula is C13H19F2NOS. The summed E-state index contributed by atoms with van der Waals surface area (Å²) < 4.78 is 38.3. The molecule has 0 radical (unpaired) electrons. The predicted octanol–water partition coefficient (Wildman–Crippen LogP) is 2.85. The molecule has 18 heavy (non-hydrogen) atoms. The highest BCUT2D eigenvalue weighted by Crippen LogP contribution is 2.15. The van der Waals surface area contributed by atoms with Gasteiger partial charge in [-0.2, -0.15) is 0 Å². The first kappa shape index (κ1) is 15.2. The minimum absolute atomic E-state index is 0.0791. The summed E-state index contributed by atoms with van der Waals surface area (Å²) in [4.78, 5) is 0.0791. The molecule has 0 saturated heterocycles. The highest BCUT2D eigenvalue weighted by Gasteiger charge is 2.16. The van der Waals surface area contributed by atoms with Crippen LogP contribution in [0.1, 0.15) is 26.7 Å². The first-order chi connectivity index (χ1) is 8.58. The second kappa shape index (κ2) is 7.59. The van der Waals surface area contributed by atoms with Crippen LogP contribution in [0.5, 0.6) is 0 Å². The molecule has 1 aromatic carbocycles. The van der Waals surface area contributed by atoms with E-state index < -0.39 is 22.4 Å². The van der Waals surface area contributed by atoms with Crippen LogP contribution in [0, 0.1) is 11.6 Å². The van der Waals surface area contributed by atoms with E-state index in [1.807, 2.05) is 13.8 Å². The second-order valence-electron chi connectivity index (χ2n) is 4.13. The molecule has 1 aromatic rings. The molecule has 0 aromatic heterocycles. The molecule has 2 atom stereocenters. The summed E-state index contributed by atoms with van der Waals surface area (Å²) in [5.41, 5.74) is 0. The Bertz CT molecular complexity index is 406. The number of hydrogen-bond donors (Lipinski definition) is 1. The van der Waals surface area contributed by atoms with Crippen molar-refractivity contribution in [3.05, 3.63) is 29.8 Å². The molecule has 102 valence electrons. The number of hydrogen-bond acceptors (Lipinski definition) is 2. The maximum absolute atomic E-state index is 13.5. The van der Waals surface area contributed by atoms with E-state index in [0.29, 0.717) is 5.75 Å². The van der Waals surface area contributed by atoms with Crippen molar-refractivity contribution in [1.82, 2.24) is 5.32 Å². The Hall–Kier alpha value is -0.810. The van der Waals surface area contributed by atoms with Crippen molar-refractivity contribution in [3.63, 3.8) is 0 Å². The van der Waals surface area contributed by atoms with Gasteiger partial charge in [-0.1, -0.05) is 20.3 Å². The summed E-state index contributed by atoms with van der Waals surface area (Å²) in [5, 5.41) is 3.23. The van der Waals surface area contributed by atoms with Gasteiger partial charge in [0.1, 0.15) is 11.6 Å². The van der Waals surface area contributed by atoms with Gasteiger partial charge in [0.2, 0.25) is 0 Å². The predicted molar refractivity (Wildman–Crippen MR) is 70.0 cm³/mol. The Balaban J connectivity index is 2.73. The molecule has 0 aliphatic heterocycles. The summed E-state index contributed by atoms with van der Waals surface area (Å²) in [6, 6.07) is 3.27. The first-order valence-corrected chi connectivity index (χ1v) is 7.47. The maximum Gasteiger partial charge on any atom is 0.142 e. The van der Waals surface area contributed by atoms with E-state index >= 15 is 0 Å². The Labute approximate surface area is 109 Å². The molecule has 0 fully saturated rings. The monoisotopic (exact) mass is 275 g/mol. The van der Waals surface area contributed by atoms with Gasteiger partial charge >= 0.3 is 0 Å². The van der Waals surface area contributed by atoms with Gasteiger partial charge in [-0.05, 0) is 25.1 Å². The van der Waals surface area contributed by atoms with Crippen molar-refractivity contribution >= 4 is 10.8 Å².